The fourth-order valence-corrected chi connectivity index (χ4v) is 2.21. The Kier molecular flexibility index (Phi) is 4.02. The number of rotatable bonds is 4. The molecule has 0 amide bonds. The molecule has 0 bridgehead atoms. The topological polar surface area (TPSA) is 32.3 Å². The highest BCUT2D eigenvalue weighted by atomic mass is 16.2. The molecule has 1 heterocycles. The van der Waals surface area contributed by atoms with Gasteiger partial charge in [0.05, 0.1) is 0 Å². The summed E-state index contributed by atoms with van der Waals surface area (Å²) in [5, 5.41) is 12.2. The molecule has 1 fully saturated rings. The molecule has 2 nitrogen and oxygen atoms in total. The zero-order chi connectivity index (χ0) is 8.97. The van der Waals surface area contributed by atoms with Gasteiger partial charge in [0, 0.05) is 12.6 Å². The molecule has 1 aliphatic rings. The van der Waals surface area contributed by atoms with E-state index in [9.17, 15) is 0 Å². The summed E-state index contributed by atoms with van der Waals surface area (Å²) in [5.41, 5.74) is 0. The molecule has 0 saturated carbocycles. The van der Waals surface area contributed by atoms with E-state index in [1.165, 1.54) is 13.0 Å². The molecule has 1 rings (SSSR count). The highest BCUT2D eigenvalue weighted by Gasteiger charge is 2.28. The largest absolute Gasteiger partial charge is 0.396 e. The van der Waals surface area contributed by atoms with Gasteiger partial charge in [-0.25, -0.2) is 0 Å². The predicted octanol–water partition coefficient (Wildman–Crippen LogP) is 1.39. The SMILES string of the molecule is CC(C)C1CCNC1CCCO. The number of nitrogens with one attached hydrogen (secondary N) is 1. The monoisotopic (exact) mass is 171 g/mol. The van der Waals surface area contributed by atoms with Gasteiger partial charge in [-0.05, 0) is 37.6 Å². The van der Waals surface area contributed by atoms with E-state index < -0.39 is 0 Å². The number of hydrogen-bond donors (Lipinski definition) is 2. The van der Waals surface area contributed by atoms with E-state index in [4.69, 9.17) is 5.11 Å². The second-order valence-corrected chi connectivity index (χ2v) is 4.12. The molecule has 1 saturated heterocycles. The van der Waals surface area contributed by atoms with Gasteiger partial charge in [-0.1, -0.05) is 13.8 Å². The standard InChI is InChI=1S/C10H21NO/c1-8(2)9-5-6-11-10(9)4-3-7-12/h8-12H,3-7H2,1-2H3. The predicted molar refractivity (Wildman–Crippen MR) is 51.1 cm³/mol. The summed E-state index contributed by atoms with van der Waals surface area (Å²) in [7, 11) is 0. The summed E-state index contributed by atoms with van der Waals surface area (Å²) < 4.78 is 0. The average molecular weight is 171 g/mol. The highest BCUT2D eigenvalue weighted by molar-refractivity contribution is 4.85. The first kappa shape index (κ1) is 10.0. The Bertz CT molecular complexity index is 125. The van der Waals surface area contributed by atoms with Gasteiger partial charge in [0.1, 0.15) is 0 Å². The van der Waals surface area contributed by atoms with Crippen molar-refractivity contribution in [2.45, 2.75) is 39.2 Å². The van der Waals surface area contributed by atoms with Gasteiger partial charge < -0.3 is 10.4 Å². The van der Waals surface area contributed by atoms with Crippen molar-refractivity contribution in [3.05, 3.63) is 0 Å². The molecule has 2 atom stereocenters. The van der Waals surface area contributed by atoms with E-state index in [1.807, 2.05) is 0 Å². The third-order valence-corrected chi connectivity index (χ3v) is 2.93. The molecule has 72 valence electrons. The van der Waals surface area contributed by atoms with Gasteiger partial charge in [-0.2, -0.15) is 0 Å². The summed E-state index contributed by atoms with van der Waals surface area (Å²) >= 11 is 0. The van der Waals surface area contributed by atoms with Crippen LogP contribution in [0, 0.1) is 11.8 Å². The van der Waals surface area contributed by atoms with Gasteiger partial charge in [-0.3, -0.25) is 0 Å². The van der Waals surface area contributed by atoms with E-state index >= 15 is 0 Å². The molecule has 2 unspecified atom stereocenters. The summed E-state index contributed by atoms with van der Waals surface area (Å²) in [6.45, 7) is 6.09. The highest BCUT2D eigenvalue weighted by Crippen LogP contribution is 2.26. The van der Waals surface area contributed by atoms with E-state index in [0.717, 1.165) is 24.7 Å². The number of aliphatic hydroxyl groups is 1. The minimum absolute atomic E-state index is 0.336. The summed E-state index contributed by atoms with van der Waals surface area (Å²) in [4.78, 5) is 0. The maximum atomic E-state index is 8.72. The van der Waals surface area contributed by atoms with Crippen molar-refractivity contribution in [2.75, 3.05) is 13.2 Å². The van der Waals surface area contributed by atoms with Gasteiger partial charge in [0.2, 0.25) is 0 Å². The lowest BCUT2D eigenvalue weighted by Crippen LogP contribution is -2.29. The quantitative estimate of drug-likeness (QED) is 0.670. The lowest BCUT2D eigenvalue weighted by Gasteiger charge is -2.22. The second-order valence-electron chi connectivity index (χ2n) is 4.12. The van der Waals surface area contributed by atoms with Gasteiger partial charge in [0.15, 0.2) is 0 Å². The average Bonchev–Trinajstić information content (AvgIpc) is 2.48. The fourth-order valence-electron chi connectivity index (χ4n) is 2.21. The Morgan fingerprint density at radius 3 is 2.83 bits per heavy atom. The van der Waals surface area contributed by atoms with Crippen LogP contribution in [0.3, 0.4) is 0 Å². The Morgan fingerprint density at radius 1 is 1.50 bits per heavy atom. The van der Waals surface area contributed by atoms with Crippen LogP contribution in [0.1, 0.15) is 33.1 Å². The van der Waals surface area contributed by atoms with Crippen LogP contribution < -0.4 is 5.32 Å². The first-order chi connectivity index (χ1) is 5.75. The van der Waals surface area contributed by atoms with Gasteiger partial charge in [-0.15, -0.1) is 0 Å². The molecule has 2 heteroatoms. The van der Waals surface area contributed by atoms with Gasteiger partial charge >= 0.3 is 0 Å². The van der Waals surface area contributed by atoms with Crippen LogP contribution >= 0.6 is 0 Å². The fraction of sp³-hybridized carbons (Fsp3) is 1.00. The zero-order valence-electron chi connectivity index (χ0n) is 8.21. The first-order valence-electron chi connectivity index (χ1n) is 5.10. The summed E-state index contributed by atoms with van der Waals surface area (Å²) in [5.74, 6) is 1.61. The zero-order valence-corrected chi connectivity index (χ0v) is 8.21. The third kappa shape index (κ3) is 2.46. The lowest BCUT2D eigenvalue weighted by atomic mass is 9.87. The molecule has 2 N–H and O–H groups in total. The first-order valence-corrected chi connectivity index (χ1v) is 5.10. The van der Waals surface area contributed by atoms with Crippen molar-refractivity contribution >= 4 is 0 Å². The van der Waals surface area contributed by atoms with Gasteiger partial charge in [0.25, 0.3) is 0 Å². The third-order valence-electron chi connectivity index (χ3n) is 2.93. The molecule has 0 aromatic heterocycles. The molecular formula is C10H21NO. The molecule has 0 aliphatic carbocycles. The van der Waals surface area contributed by atoms with Crippen molar-refractivity contribution in [1.29, 1.82) is 0 Å². The van der Waals surface area contributed by atoms with Crippen LogP contribution in [0.4, 0.5) is 0 Å². The molecule has 1 aliphatic heterocycles. The van der Waals surface area contributed by atoms with Crippen molar-refractivity contribution in [2.24, 2.45) is 11.8 Å². The normalized spacial score (nSPS) is 30.0. The Labute approximate surface area is 75.4 Å². The number of aliphatic hydroxyl groups excluding tert-OH is 1. The van der Waals surface area contributed by atoms with Crippen LogP contribution in [-0.4, -0.2) is 24.3 Å². The van der Waals surface area contributed by atoms with E-state index in [1.54, 1.807) is 0 Å². The maximum Gasteiger partial charge on any atom is 0.0431 e. The van der Waals surface area contributed by atoms with E-state index in [2.05, 4.69) is 19.2 Å². The number of hydrogen-bond acceptors (Lipinski definition) is 2. The Balaban J connectivity index is 2.30. The van der Waals surface area contributed by atoms with E-state index in [0.29, 0.717) is 12.6 Å². The molecule has 0 spiro atoms. The van der Waals surface area contributed by atoms with Crippen molar-refractivity contribution in [3.8, 4) is 0 Å². The Hall–Kier alpha value is -0.0800. The maximum absolute atomic E-state index is 8.72. The van der Waals surface area contributed by atoms with Crippen LogP contribution in [0.15, 0.2) is 0 Å². The molecule has 0 aromatic carbocycles. The molecule has 0 aromatic rings. The van der Waals surface area contributed by atoms with Crippen LogP contribution in [0.2, 0.25) is 0 Å². The van der Waals surface area contributed by atoms with Crippen molar-refractivity contribution in [3.63, 3.8) is 0 Å². The van der Waals surface area contributed by atoms with Crippen LogP contribution in [0.25, 0.3) is 0 Å². The summed E-state index contributed by atoms with van der Waals surface area (Å²) in [6, 6.07) is 0.664. The van der Waals surface area contributed by atoms with Crippen molar-refractivity contribution in [1.82, 2.24) is 5.32 Å². The lowest BCUT2D eigenvalue weighted by molar-refractivity contribution is 0.258. The minimum atomic E-state index is 0.336. The smallest absolute Gasteiger partial charge is 0.0431 e. The molecule has 12 heavy (non-hydrogen) atoms. The van der Waals surface area contributed by atoms with E-state index in [-0.39, 0.29) is 0 Å². The Morgan fingerprint density at radius 2 is 2.25 bits per heavy atom. The van der Waals surface area contributed by atoms with Crippen molar-refractivity contribution < 1.29 is 5.11 Å². The molecule has 0 radical (unpaired) electrons. The molecular weight excluding hydrogens is 150 g/mol. The van der Waals surface area contributed by atoms with Crippen LogP contribution in [0.5, 0.6) is 0 Å². The minimum Gasteiger partial charge on any atom is -0.396 e. The second kappa shape index (κ2) is 4.83. The summed E-state index contributed by atoms with van der Waals surface area (Å²) in [6.07, 6.45) is 3.40. The van der Waals surface area contributed by atoms with Crippen LogP contribution in [-0.2, 0) is 0 Å².